The van der Waals surface area contributed by atoms with E-state index >= 15 is 0 Å². The Morgan fingerprint density at radius 3 is 2.78 bits per heavy atom. The topological polar surface area (TPSA) is 79.8 Å². The number of hydrogen-bond acceptors (Lipinski definition) is 7. The van der Waals surface area contributed by atoms with E-state index in [0.29, 0.717) is 13.2 Å². The van der Waals surface area contributed by atoms with Crippen LogP contribution in [0.4, 0.5) is 22.9 Å². The lowest BCUT2D eigenvalue weighted by Crippen LogP contribution is -2.39. The van der Waals surface area contributed by atoms with Crippen LogP contribution in [0.15, 0.2) is 61.1 Å². The van der Waals surface area contributed by atoms with Crippen molar-refractivity contribution in [3.05, 3.63) is 72.2 Å². The van der Waals surface area contributed by atoms with Gasteiger partial charge in [0, 0.05) is 61.5 Å². The Hall–Kier alpha value is -3.49. The van der Waals surface area contributed by atoms with Crippen LogP contribution in [0.25, 0.3) is 0 Å². The van der Waals surface area contributed by atoms with Gasteiger partial charge in [-0.1, -0.05) is 12.1 Å². The molecule has 1 N–H and O–H groups in total. The highest BCUT2D eigenvalue weighted by molar-refractivity contribution is 6.00. The first-order valence-corrected chi connectivity index (χ1v) is 13.1. The van der Waals surface area contributed by atoms with Gasteiger partial charge >= 0.3 is 0 Å². The fourth-order valence-electron chi connectivity index (χ4n) is 5.72. The van der Waals surface area contributed by atoms with Crippen molar-refractivity contribution in [2.24, 2.45) is 5.92 Å². The summed E-state index contributed by atoms with van der Waals surface area (Å²) in [6.45, 7) is 2.65. The van der Waals surface area contributed by atoms with Crippen LogP contribution in [-0.4, -0.2) is 48.8 Å². The second-order valence-corrected chi connectivity index (χ2v) is 10.1. The zero-order valence-electron chi connectivity index (χ0n) is 21.2. The standard InChI is InChI=1S/C29H33N5O3/c1-36-24-9-6-20(7-10-24)29(35)34-18-22-5-3-13-31-28(22)32-25-11-8-23(16-26(25)34)33-14-15-37-27(19-33)21-4-2-12-30-17-21/h2-5,8,11-13,16-17,20,24,27H,6-7,9-10,14-15,18-19H2,1H3,(H,31,32)/t20-,24-,27?. The maximum atomic E-state index is 14.0. The van der Waals surface area contributed by atoms with Gasteiger partial charge in [-0.3, -0.25) is 9.78 Å². The second kappa shape index (κ2) is 10.5. The largest absolute Gasteiger partial charge is 0.381 e. The predicted molar refractivity (Wildman–Crippen MR) is 143 cm³/mol. The molecule has 0 spiro atoms. The van der Waals surface area contributed by atoms with Crippen molar-refractivity contribution < 1.29 is 14.3 Å². The minimum absolute atomic E-state index is 0.000486. The minimum atomic E-state index is -0.0402. The van der Waals surface area contributed by atoms with Crippen molar-refractivity contribution in [2.45, 2.75) is 44.4 Å². The molecule has 0 radical (unpaired) electrons. The highest BCUT2D eigenvalue weighted by Crippen LogP contribution is 2.40. The SMILES string of the molecule is CO[C@H]1CC[C@H](C(=O)N2Cc3cccnc3Nc3ccc(N4CCOC(c5cccnc5)C4)cc32)CC1. The lowest BCUT2D eigenvalue weighted by atomic mass is 9.86. The molecule has 1 saturated carbocycles. The smallest absolute Gasteiger partial charge is 0.230 e. The maximum Gasteiger partial charge on any atom is 0.230 e. The lowest BCUT2D eigenvalue weighted by Gasteiger charge is -2.36. The predicted octanol–water partition coefficient (Wildman–Crippen LogP) is 4.85. The van der Waals surface area contributed by atoms with Crippen molar-refractivity contribution in [1.82, 2.24) is 9.97 Å². The van der Waals surface area contributed by atoms with Gasteiger partial charge in [-0.2, -0.15) is 0 Å². The number of carbonyl (C=O) groups is 1. The minimum Gasteiger partial charge on any atom is -0.381 e. The van der Waals surface area contributed by atoms with Gasteiger partial charge in [0.25, 0.3) is 0 Å². The van der Waals surface area contributed by atoms with E-state index in [0.717, 1.165) is 72.8 Å². The maximum absolute atomic E-state index is 14.0. The van der Waals surface area contributed by atoms with E-state index in [9.17, 15) is 4.79 Å². The molecular weight excluding hydrogens is 466 g/mol. The molecule has 0 bridgehead atoms. The van der Waals surface area contributed by atoms with Crippen molar-refractivity contribution in [3.63, 3.8) is 0 Å². The Labute approximate surface area is 217 Å². The Morgan fingerprint density at radius 2 is 1.97 bits per heavy atom. The monoisotopic (exact) mass is 499 g/mol. The molecule has 1 saturated heterocycles. The van der Waals surface area contributed by atoms with Crippen LogP contribution in [-0.2, 0) is 20.8 Å². The van der Waals surface area contributed by atoms with E-state index in [2.05, 4.69) is 44.5 Å². The quantitative estimate of drug-likeness (QED) is 0.550. The number of ether oxygens (including phenoxy) is 2. The molecule has 6 rings (SSSR count). The van der Waals surface area contributed by atoms with Crippen LogP contribution >= 0.6 is 0 Å². The molecular formula is C29H33N5O3. The summed E-state index contributed by atoms with van der Waals surface area (Å²) in [5.74, 6) is 0.985. The summed E-state index contributed by atoms with van der Waals surface area (Å²) in [7, 11) is 1.76. The van der Waals surface area contributed by atoms with Gasteiger partial charge in [0.15, 0.2) is 0 Å². The molecule has 1 unspecified atom stereocenters. The molecule has 37 heavy (non-hydrogen) atoms. The highest BCUT2D eigenvalue weighted by atomic mass is 16.5. The molecule has 1 aliphatic carbocycles. The summed E-state index contributed by atoms with van der Waals surface area (Å²) in [5, 5.41) is 3.50. The average molecular weight is 500 g/mol. The van der Waals surface area contributed by atoms with E-state index in [1.165, 1.54) is 0 Å². The fraction of sp³-hybridized carbons (Fsp3) is 0.414. The van der Waals surface area contributed by atoms with Gasteiger partial charge < -0.3 is 24.6 Å². The average Bonchev–Trinajstić information content (AvgIpc) is 3.14. The second-order valence-electron chi connectivity index (χ2n) is 10.1. The van der Waals surface area contributed by atoms with Crippen LogP contribution in [0.3, 0.4) is 0 Å². The van der Waals surface area contributed by atoms with Crippen LogP contribution in [0.1, 0.15) is 42.9 Å². The van der Waals surface area contributed by atoms with Crippen molar-refractivity contribution in [3.8, 4) is 0 Å². The van der Waals surface area contributed by atoms with Crippen molar-refractivity contribution in [2.75, 3.05) is 41.9 Å². The highest BCUT2D eigenvalue weighted by Gasteiger charge is 2.33. The molecule has 3 aliphatic rings. The third-order valence-electron chi connectivity index (χ3n) is 7.86. The number of nitrogens with one attached hydrogen (secondary N) is 1. The number of carbonyl (C=O) groups excluding carboxylic acids is 1. The molecule has 8 heteroatoms. The van der Waals surface area contributed by atoms with E-state index < -0.39 is 0 Å². The number of benzene rings is 1. The van der Waals surface area contributed by atoms with E-state index in [4.69, 9.17) is 9.47 Å². The van der Waals surface area contributed by atoms with Gasteiger partial charge in [0.1, 0.15) is 11.9 Å². The van der Waals surface area contributed by atoms with Gasteiger partial charge in [-0.15, -0.1) is 0 Å². The summed E-state index contributed by atoms with van der Waals surface area (Å²) in [4.78, 5) is 27.1. The molecule has 3 aromatic rings. The first-order valence-electron chi connectivity index (χ1n) is 13.1. The zero-order chi connectivity index (χ0) is 25.2. The van der Waals surface area contributed by atoms with E-state index in [1.807, 2.05) is 29.3 Å². The number of pyridine rings is 2. The van der Waals surface area contributed by atoms with Crippen LogP contribution in [0, 0.1) is 5.92 Å². The summed E-state index contributed by atoms with van der Waals surface area (Å²) < 4.78 is 11.6. The Morgan fingerprint density at radius 1 is 1.11 bits per heavy atom. The van der Waals surface area contributed by atoms with Gasteiger partial charge in [0.05, 0.1) is 30.6 Å². The fourth-order valence-corrected chi connectivity index (χ4v) is 5.72. The van der Waals surface area contributed by atoms with E-state index in [-0.39, 0.29) is 24.0 Å². The molecule has 2 aliphatic heterocycles. The zero-order valence-corrected chi connectivity index (χ0v) is 21.2. The number of hydrogen-bond donors (Lipinski definition) is 1. The normalized spacial score (nSPS) is 23.4. The van der Waals surface area contributed by atoms with Gasteiger partial charge in [-0.05, 0) is 56.0 Å². The Balaban J connectivity index is 1.31. The summed E-state index contributed by atoms with van der Waals surface area (Å²) >= 11 is 0. The molecule has 8 nitrogen and oxygen atoms in total. The Kier molecular flexibility index (Phi) is 6.76. The van der Waals surface area contributed by atoms with Crippen LogP contribution in [0.2, 0.25) is 0 Å². The molecule has 2 fully saturated rings. The molecule has 1 aromatic carbocycles. The number of aromatic nitrogens is 2. The van der Waals surface area contributed by atoms with Crippen LogP contribution < -0.4 is 15.1 Å². The third-order valence-corrected chi connectivity index (χ3v) is 7.86. The number of morpholine rings is 1. The number of rotatable bonds is 4. The number of amides is 1. The molecule has 1 atom stereocenters. The van der Waals surface area contributed by atoms with Gasteiger partial charge in [-0.25, -0.2) is 4.98 Å². The molecule has 4 heterocycles. The third kappa shape index (κ3) is 4.91. The Bertz CT molecular complexity index is 1250. The number of nitrogens with zero attached hydrogens (tertiary/aromatic N) is 4. The number of methoxy groups -OCH3 is 1. The number of anilines is 4. The first-order chi connectivity index (χ1) is 18.2. The molecule has 192 valence electrons. The first kappa shape index (κ1) is 23.9. The van der Waals surface area contributed by atoms with Crippen LogP contribution in [0.5, 0.6) is 0 Å². The lowest BCUT2D eigenvalue weighted by molar-refractivity contribution is -0.124. The summed E-state index contributed by atoms with van der Waals surface area (Å²) in [6.07, 6.45) is 9.21. The number of fused-ring (bicyclic) bond motifs is 2. The van der Waals surface area contributed by atoms with Gasteiger partial charge in [0.2, 0.25) is 5.91 Å². The molecule has 2 aromatic heterocycles. The van der Waals surface area contributed by atoms with E-state index in [1.54, 1.807) is 19.5 Å². The summed E-state index contributed by atoms with van der Waals surface area (Å²) in [6, 6.07) is 14.3. The van der Waals surface area contributed by atoms with Crippen molar-refractivity contribution >= 4 is 28.8 Å². The summed E-state index contributed by atoms with van der Waals surface area (Å²) in [5.41, 5.74) is 4.98. The molecule has 1 amide bonds. The van der Waals surface area contributed by atoms with Crippen molar-refractivity contribution in [1.29, 1.82) is 0 Å².